The normalized spacial score (nSPS) is 11.6. The predicted octanol–water partition coefficient (Wildman–Crippen LogP) is 2.91. The van der Waals surface area contributed by atoms with Crippen molar-refractivity contribution in [2.75, 3.05) is 6.61 Å². The van der Waals surface area contributed by atoms with E-state index in [9.17, 15) is 0 Å². The molecule has 104 valence electrons. The zero-order chi connectivity index (χ0) is 13.7. The van der Waals surface area contributed by atoms with Gasteiger partial charge in [-0.3, -0.25) is 0 Å². The fourth-order valence-corrected chi connectivity index (χ4v) is 2.25. The van der Waals surface area contributed by atoms with Crippen molar-refractivity contribution in [3.63, 3.8) is 0 Å². The zero-order valence-electron chi connectivity index (χ0n) is 11.9. The Labute approximate surface area is 115 Å². The number of aryl methyl sites for hydroxylation is 1. The third-order valence-corrected chi connectivity index (χ3v) is 3.36. The number of rotatable bonds is 7. The van der Waals surface area contributed by atoms with Gasteiger partial charge in [-0.15, -0.1) is 0 Å². The monoisotopic (exact) mass is 260 g/mol. The molecule has 0 spiro atoms. The van der Waals surface area contributed by atoms with Crippen molar-refractivity contribution >= 4 is 10.9 Å². The van der Waals surface area contributed by atoms with E-state index in [1.807, 2.05) is 0 Å². The minimum absolute atomic E-state index is 0.281. The Kier molecular flexibility index (Phi) is 5.00. The topological polar surface area (TPSA) is 37.2 Å². The summed E-state index contributed by atoms with van der Waals surface area (Å²) in [7, 11) is 0. The molecule has 0 bridgehead atoms. The number of aliphatic hydroxyl groups excluding tert-OH is 1. The van der Waals surface area contributed by atoms with Crippen LogP contribution in [0.3, 0.4) is 0 Å². The third kappa shape index (κ3) is 3.82. The van der Waals surface area contributed by atoms with Crippen LogP contribution in [0.1, 0.15) is 32.3 Å². The maximum Gasteiger partial charge on any atom is 0.0483 e. The Morgan fingerprint density at radius 2 is 2.05 bits per heavy atom. The van der Waals surface area contributed by atoms with Gasteiger partial charge in [0.25, 0.3) is 0 Å². The van der Waals surface area contributed by atoms with Crippen molar-refractivity contribution in [3.05, 3.63) is 36.0 Å². The molecule has 0 saturated heterocycles. The summed E-state index contributed by atoms with van der Waals surface area (Å²) in [5, 5.41) is 13.6. The Morgan fingerprint density at radius 1 is 1.21 bits per heavy atom. The number of hydrogen-bond donors (Lipinski definition) is 2. The summed E-state index contributed by atoms with van der Waals surface area (Å²) in [5.41, 5.74) is 2.62. The van der Waals surface area contributed by atoms with Gasteiger partial charge in [0.2, 0.25) is 0 Å². The van der Waals surface area contributed by atoms with Crippen molar-refractivity contribution in [1.82, 2.24) is 9.88 Å². The molecule has 0 saturated carbocycles. The molecule has 0 atom stereocenters. The zero-order valence-corrected chi connectivity index (χ0v) is 11.9. The van der Waals surface area contributed by atoms with Gasteiger partial charge in [0.15, 0.2) is 0 Å². The number of nitrogens with one attached hydrogen (secondary N) is 1. The second-order valence-electron chi connectivity index (χ2n) is 5.37. The molecule has 2 rings (SSSR count). The van der Waals surface area contributed by atoms with Crippen LogP contribution in [-0.2, 0) is 13.1 Å². The standard InChI is InChI=1S/C16H24N2O/c1-13(2)17-12-14-5-6-15-7-9-18(16(15)11-14)8-3-4-10-19/h5-7,9,11,13,17,19H,3-4,8,10,12H2,1-2H3. The summed E-state index contributed by atoms with van der Waals surface area (Å²) in [4.78, 5) is 0. The molecule has 0 radical (unpaired) electrons. The molecule has 0 amide bonds. The highest BCUT2D eigenvalue weighted by molar-refractivity contribution is 5.80. The van der Waals surface area contributed by atoms with Gasteiger partial charge in [0.05, 0.1) is 0 Å². The number of fused-ring (bicyclic) bond motifs is 1. The molecule has 2 aromatic rings. The second kappa shape index (κ2) is 6.73. The molecule has 2 N–H and O–H groups in total. The van der Waals surface area contributed by atoms with E-state index in [0.717, 1.165) is 25.9 Å². The van der Waals surface area contributed by atoms with Crippen molar-refractivity contribution in [2.24, 2.45) is 0 Å². The average molecular weight is 260 g/mol. The van der Waals surface area contributed by atoms with Gasteiger partial charge in [0, 0.05) is 37.5 Å². The van der Waals surface area contributed by atoms with E-state index in [1.165, 1.54) is 16.5 Å². The van der Waals surface area contributed by atoms with Gasteiger partial charge in [-0.2, -0.15) is 0 Å². The fraction of sp³-hybridized carbons (Fsp3) is 0.500. The molecule has 0 fully saturated rings. The first-order valence-electron chi connectivity index (χ1n) is 7.12. The van der Waals surface area contributed by atoms with Crippen molar-refractivity contribution in [3.8, 4) is 0 Å². The first-order valence-corrected chi connectivity index (χ1v) is 7.12. The molecule has 0 aliphatic heterocycles. The smallest absolute Gasteiger partial charge is 0.0483 e. The van der Waals surface area contributed by atoms with E-state index in [2.05, 4.69) is 54.2 Å². The molecule has 1 heterocycles. The molecule has 3 nitrogen and oxygen atoms in total. The van der Waals surface area contributed by atoms with Crippen molar-refractivity contribution in [2.45, 2.75) is 45.8 Å². The highest BCUT2D eigenvalue weighted by atomic mass is 16.2. The minimum atomic E-state index is 0.281. The van der Waals surface area contributed by atoms with Crippen LogP contribution in [0.25, 0.3) is 10.9 Å². The van der Waals surface area contributed by atoms with Crippen LogP contribution in [0.15, 0.2) is 30.5 Å². The Morgan fingerprint density at radius 3 is 2.79 bits per heavy atom. The maximum atomic E-state index is 8.86. The quantitative estimate of drug-likeness (QED) is 0.751. The van der Waals surface area contributed by atoms with Gasteiger partial charge < -0.3 is 15.0 Å². The SMILES string of the molecule is CC(C)NCc1ccc2ccn(CCCCO)c2c1. The lowest BCUT2D eigenvalue weighted by Gasteiger charge is -2.09. The summed E-state index contributed by atoms with van der Waals surface area (Å²) < 4.78 is 2.28. The average Bonchev–Trinajstić information content (AvgIpc) is 2.79. The largest absolute Gasteiger partial charge is 0.396 e. The molecular formula is C16H24N2O. The lowest BCUT2D eigenvalue weighted by atomic mass is 10.1. The summed E-state index contributed by atoms with van der Waals surface area (Å²) in [6.07, 6.45) is 4.03. The first-order chi connectivity index (χ1) is 9.20. The molecule has 3 heteroatoms. The number of benzene rings is 1. The van der Waals surface area contributed by atoms with E-state index < -0.39 is 0 Å². The minimum Gasteiger partial charge on any atom is -0.396 e. The number of nitrogens with zero attached hydrogens (tertiary/aromatic N) is 1. The highest BCUT2D eigenvalue weighted by Gasteiger charge is 2.03. The number of hydrogen-bond acceptors (Lipinski definition) is 2. The molecular weight excluding hydrogens is 236 g/mol. The summed E-state index contributed by atoms with van der Waals surface area (Å²) in [5.74, 6) is 0. The molecule has 0 aliphatic carbocycles. The van der Waals surface area contributed by atoms with Crippen LogP contribution >= 0.6 is 0 Å². The maximum absolute atomic E-state index is 8.86. The first kappa shape index (κ1) is 14.1. The molecule has 19 heavy (non-hydrogen) atoms. The van der Waals surface area contributed by atoms with Gasteiger partial charge in [-0.05, 0) is 35.9 Å². The van der Waals surface area contributed by atoms with E-state index in [-0.39, 0.29) is 6.61 Å². The Bertz CT molecular complexity index is 516. The predicted molar refractivity (Wildman–Crippen MR) is 80.2 cm³/mol. The van der Waals surface area contributed by atoms with Crippen LogP contribution in [0, 0.1) is 0 Å². The molecule has 0 unspecified atom stereocenters. The molecule has 1 aromatic carbocycles. The van der Waals surface area contributed by atoms with E-state index >= 15 is 0 Å². The van der Waals surface area contributed by atoms with Crippen molar-refractivity contribution in [1.29, 1.82) is 0 Å². The number of aromatic nitrogens is 1. The Balaban J connectivity index is 2.12. The fourth-order valence-electron chi connectivity index (χ4n) is 2.25. The van der Waals surface area contributed by atoms with Gasteiger partial charge in [-0.1, -0.05) is 26.0 Å². The summed E-state index contributed by atoms with van der Waals surface area (Å²) in [6.45, 7) is 6.50. The Hall–Kier alpha value is -1.32. The van der Waals surface area contributed by atoms with Gasteiger partial charge in [-0.25, -0.2) is 0 Å². The van der Waals surface area contributed by atoms with E-state index in [4.69, 9.17) is 5.11 Å². The van der Waals surface area contributed by atoms with Gasteiger partial charge >= 0.3 is 0 Å². The highest BCUT2D eigenvalue weighted by Crippen LogP contribution is 2.18. The second-order valence-corrected chi connectivity index (χ2v) is 5.37. The van der Waals surface area contributed by atoms with Crippen molar-refractivity contribution < 1.29 is 5.11 Å². The summed E-state index contributed by atoms with van der Waals surface area (Å²) in [6, 6.07) is 9.31. The van der Waals surface area contributed by atoms with E-state index in [1.54, 1.807) is 0 Å². The van der Waals surface area contributed by atoms with E-state index in [0.29, 0.717) is 6.04 Å². The number of aliphatic hydroxyl groups is 1. The van der Waals surface area contributed by atoms with Crippen LogP contribution in [-0.4, -0.2) is 22.3 Å². The van der Waals surface area contributed by atoms with Gasteiger partial charge in [0.1, 0.15) is 0 Å². The molecule has 1 aromatic heterocycles. The third-order valence-electron chi connectivity index (χ3n) is 3.36. The van der Waals surface area contributed by atoms with Crippen LogP contribution in [0.4, 0.5) is 0 Å². The van der Waals surface area contributed by atoms with Crippen LogP contribution in [0.2, 0.25) is 0 Å². The lowest BCUT2D eigenvalue weighted by Crippen LogP contribution is -2.21. The summed E-state index contributed by atoms with van der Waals surface area (Å²) >= 11 is 0. The number of unbranched alkanes of at least 4 members (excludes halogenated alkanes) is 1. The lowest BCUT2D eigenvalue weighted by molar-refractivity contribution is 0.281. The van der Waals surface area contributed by atoms with Crippen LogP contribution in [0.5, 0.6) is 0 Å². The van der Waals surface area contributed by atoms with Crippen LogP contribution < -0.4 is 5.32 Å². The molecule has 0 aliphatic rings.